The van der Waals surface area contributed by atoms with Crippen LogP contribution in [0, 0.1) is 5.82 Å². The number of ether oxygens (including phenoxy) is 1. The van der Waals surface area contributed by atoms with E-state index >= 15 is 0 Å². The monoisotopic (exact) mass is 495 g/mol. The molecule has 4 amide bonds. The number of para-hydroxylation sites is 1. The zero-order valence-electron chi connectivity index (χ0n) is 19.6. The minimum atomic E-state index is -0.727. The highest BCUT2D eigenvalue weighted by atomic mass is 19.1. The molecule has 1 heterocycles. The molecule has 0 aliphatic carbocycles. The van der Waals surface area contributed by atoms with Gasteiger partial charge in [0.25, 0.3) is 5.91 Å². The van der Waals surface area contributed by atoms with Crippen molar-refractivity contribution >= 4 is 40.4 Å². The van der Waals surface area contributed by atoms with Crippen LogP contribution in [0.25, 0.3) is 16.8 Å². The summed E-state index contributed by atoms with van der Waals surface area (Å²) in [5, 5.41) is 7.15. The van der Waals surface area contributed by atoms with Crippen LogP contribution in [-0.4, -0.2) is 29.3 Å². The van der Waals surface area contributed by atoms with Crippen LogP contribution in [-0.2, 0) is 16.2 Å². The number of benzene rings is 4. The molecule has 1 fully saturated rings. The van der Waals surface area contributed by atoms with Gasteiger partial charge in [-0.1, -0.05) is 60.7 Å². The van der Waals surface area contributed by atoms with E-state index in [2.05, 4.69) is 34.9 Å². The molecule has 0 aromatic heterocycles. The third-order valence-corrected chi connectivity index (χ3v) is 5.82. The van der Waals surface area contributed by atoms with Crippen molar-refractivity contribution in [1.29, 1.82) is 0 Å². The average molecular weight is 496 g/mol. The van der Waals surface area contributed by atoms with Crippen LogP contribution in [0.3, 0.4) is 0 Å². The number of halogens is 1. The topological polar surface area (TPSA) is 87.7 Å². The lowest BCUT2D eigenvalue weighted by Gasteiger charge is -2.12. The second kappa shape index (κ2) is 10.3. The third-order valence-electron chi connectivity index (χ3n) is 5.82. The SMILES string of the molecule is O=C(CN1C(=O)N/C(=C/c2ccc(OCc3ccc4ccccc4c3)cc2)C1=O)Nc1ccccc1F. The van der Waals surface area contributed by atoms with Gasteiger partial charge < -0.3 is 15.4 Å². The highest BCUT2D eigenvalue weighted by molar-refractivity contribution is 6.15. The van der Waals surface area contributed by atoms with Gasteiger partial charge >= 0.3 is 6.03 Å². The second-order valence-electron chi connectivity index (χ2n) is 8.45. The van der Waals surface area contributed by atoms with Gasteiger partial charge in [0.1, 0.15) is 30.4 Å². The zero-order valence-corrected chi connectivity index (χ0v) is 19.6. The predicted octanol–water partition coefficient (Wildman–Crippen LogP) is 5.09. The van der Waals surface area contributed by atoms with E-state index in [9.17, 15) is 18.8 Å². The van der Waals surface area contributed by atoms with Crippen LogP contribution in [0.1, 0.15) is 11.1 Å². The summed E-state index contributed by atoms with van der Waals surface area (Å²) in [7, 11) is 0. The van der Waals surface area contributed by atoms with E-state index in [1.54, 1.807) is 30.3 Å². The minimum absolute atomic E-state index is 0.0294. The van der Waals surface area contributed by atoms with Gasteiger partial charge in [0.05, 0.1) is 5.69 Å². The number of hydrogen-bond donors (Lipinski definition) is 2. The Bertz CT molecular complexity index is 1530. The smallest absolute Gasteiger partial charge is 0.329 e. The van der Waals surface area contributed by atoms with Crippen molar-refractivity contribution in [2.45, 2.75) is 6.61 Å². The maximum Gasteiger partial charge on any atom is 0.329 e. The maximum atomic E-state index is 13.7. The second-order valence-corrected chi connectivity index (χ2v) is 8.45. The van der Waals surface area contributed by atoms with E-state index < -0.39 is 30.2 Å². The van der Waals surface area contributed by atoms with Crippen LogP contribution in [0.4, 0.5) is 14.9 Å². The van der Waals surface area contributed by atoms with E-state index in [0.29, 0.717) is 17.9 Å². The Hall–Kier alpha value is -4.98. The lowest BCUT2D eigenvalue weighted by molar-refractivity contribution is -0.127. The molecule has 1 aliphatic heterocycles. The normalized spacial score (nSPS) is 14.2. The lowest BCUT2D eigenvalue weighted by Crippen LogP contribution is -2.38. The first-order valence-corrected chi connectivity index (χ1v) is 11.6. The van der Waals surface area contributed by atoms with E-state index in [4.69, 9.17) is 4.74 Å². The summed E-state index contributed by atoms with van der Waals surface area (Å²) >= 11 is 0. The molecule has 0 atom stereocenters. The molecular weight excluding hydrogens is 473 g/mol. The Morgan fingerprint density at radius 2 is 1.65 bits per heavy atom. The standard InChI is InChI=1S/C29H22FN3O4/c30-24-7-3-4-8-25(24)31-27(34)17-33-28(35)26(32-29(33)36)16-19-10-13-23(14-11-19)37-18-20-9-12-21-5-1-2-6-22(21)15-20/h1-16H,17-18H2,(H,31,34)(H,32,36)/b26-16+. The summed E-state index contributed by atoms with van der Waals surface area (Å²) in [5.74, 6) is -1.30. The van der Waals surface area contributed by atoms with Crippen molar-refractivity contribution in [1.82, 2.24) is 10.2 Å². The number of imide groups is 1. The van der Waals surface area contributed by atoms with E-state index in [1.807, 2.05) is 18.2 Å². The van der Waals surface area contributed by atoms with Gasteiger partial charge in [-0.3, -0.25) is 9.59 Å². The average Bonchev–Trinajstić information content (AvgIpc) is 3.16. The van der Waals surface area contributed by atoms with Gasteiger partial charge in [0, 0.05) is 0 Å². The Labute approximate surface area is 212 Å². The number of carbonyl (C=O) groups is 3. The van der Waals surface area contributed by atoms with Crippen LogP contribution in [0.15, 0.2) is 96.7 Å². The van der Waals surface area contributed by atoms with Gasteiger partial charge in [0.15, 0.2) is 0 Å². The van der Waals surface area contributed by atoms with Crippen LogP contribution < -0.4 is 15.4 Å². The van der Waals surface area contributed by atoms with Crippen molar-refractivity contribution < 1.29 is 23.5 Å². The molecule has 0 bridgehead atoms. The number of anilines is 1. The van der Waals surface area contributed by atoms with Crippen LogP contribution >= 0.6 is 0 Å². The van der Waals surface area contributed by atoms with E-state index in [1.165, 1.54) is 29.7 Å². The summed E-state index contributed by atoms with van der Waals surface area (Å²) in [5.41, 5.74) is 1.72. The third kappa shape index (κ3) is 5.48. The summed E-state index contributed by atoms with van der Waals surface area (Å²) in [6, 6.07) is 26.3. The van der Waals surface area contributed by atoms with Crippen molar-refractivity contribution in [3.63, 3.8) is 0 Å². The molecule has 0 unspecified atom stereocenters. The van der Waals surface area contributed by atoms with Gasteiger partial charge in [-0.25, -0.2) is 14.1 Å². The van der Waals surface area contributed by atoms with Gasteiger partial charge in [-0.15, -0.1) is 0 Å². The van der Waals surface area contributed by atoms with E-state index in [0.717, 1.165) is 15.8 Å². The molecule has 0 saturated carbocycles. The van der Waals surface area contributed by atoms with Gasteiger partial charge in [-0.05, 0) is 58.3 Å². The number of amides is 4. The predicted molar refractivity (Wildman–Crippen MR) is 138 cm³/mol. The summed E-state index contributed by atoms with van der Waals surface area (Å²) in [6.45, 7) is -0.137. The molecule has 8 heteroatoms. The molecule has 7 nitrogen and oxygen atoms in total. The van der Waals surface area contributed by atoms with Gasteiger partial charge in [-0.2, -0.15) is 0 Å². The summed E-state index contributed by atoms with van der Waals surface area (Å²) < 4.78 is 19.6. The molecule has 2 N–H and O–H groups in total. The zero-order chi connectivity index (χ0) is 25.8. The van der Waals surface area contributed by atoms with Gasteiger partial charge in [0.2, 0.25) is 5.91 Å². The minimum Gasteiger partial charge on any atom is -0.489 e. The Morgan fingerprint density at radius 1 is 0.919 bits per heavy atom. The summed E-state index contributed by atoms with van der Waals surface area (Å²) in [4.78, 5) is 38.0. The quantitative estimate of drug-likeness (QED) is 0.276. The number of carbonyl (C=O) groups excluding carboxylic acids is 3. The number of fused-ring (bicyclic) bond motifs is 1. The van der Waals surface area contributed by atoms with Crippen LogP contribution in [0.2, 0.25) is 0 Å². The molecule has 1 aliphatic rings. The first-order chi connectivity index (χ1) is 18.0. The molecule has 0 spiro atoms. The van der Waals surface area contributed by atoms with Crippen molar-refractivity contribution in [2.24, 2.45) is 0 Å². The fourth-order valence-electron chi connectivity index (χ4n) is 3.93. The molecular formula is C29H22FN3O4. The first-order valence-electron chi connectivity index (χ1n) is 11.6. The number of urea groups is 1. The largest absolute Gasteiger partial charge is 0.489 e. The van der Waals surface area contributed by atoms with E-state index in [-0.39, 0.29) is 11.4 Å². The van der Waals surface area contributed by atoms with Crippen molar-refractivity contribution in [3.05, 3.63) is 114 Å². The van der Waals surface area contributed by atoms with Crippen molar-refractivity contribution in [3.8, 4) is 5.75 Å². The highest BCUT2D eigenvalue weighted by Gasteiger charge is 2.35. The van der Waals surface area contributed by atoms with Crippen LogP contribution in [0.5, 0.6) is 5.75 Å². The molecule has 5 rings (SSSR count). The molecule has 4 aromatic rings. The molecule has 184 valence electrons. The number of hydrogen-bond acceptors (Lipinski definition) is 4. The summed E-state index contributed by atoms with van der Waals surface area (Å²) in [6.07, 6.45) is 1.52. The molecule has 1 saturated heterocycles. The Morgan fingerprint density at radius 3 is 2.43 bits per heavy atom. The number of nitrogens with zero attached hydrogens (tertiary/aromatic N) is 1. The maximum absolute atomic E-state index is 13.7. The fraction of sp³-hybridized carbons (Fsp3) is 0.0690. The lowest BCUT2D eigenvalue weighted by atomic mass is 10.1. The molecule has 0 radical (unpaired) electrons. The number of nitrogens with one attached hydrogen (secondary N) is 2. The molecule has 4 aromatic carbocycles. The Kier molecular flexibility index (Phi) is 6.63. The highest BCUT2D eigenvalue weighted by Crippen LogP contribution is 2.20. The first kappa shape index (κ1) is 23.7. The number of rotatable bonds is 7. The molecule has 37 heavy (non-hydrogen) atoms. The fourth-order valence-corrected chi connectivity index (χ4v) is 3.93. The Balaban J connectivity index is 1.19. The van der Waals surface area contributed by atoms with Crippen molar-refractivity contribution in [2.75, 3.05) is 11.9 Å².